The zero-order chi connectivity index (χ0) is 10.4. The Balaban J connectivity index is 2.33. The summed E-state index contributed by atoms with van der Waals surface area (Å²) in [7, 11) is 0. The summed E-state index contributed by atoms with van der Waals surface area (Å²) in [5.74, 6) is 0.129. The zero-order valence-corrected chi connectivity index (χ0v) is 8.62. The van der Waals surface area contributed by atoms with Crippen LogP contribution in [0.1, 0.15) is 26.2 Å². The highest BCUT2D eigenvalue weighted by Gasteiger charge is 2.31. The molecule has 1 aliphatic carbocycles. The maximum absolute atomic E-state index is 11.6. The third-order valence-electron chi connectivity index (χ3n) is 2.30. The second-order valence-corrected chi connectivity index (χ2v) is 3.51. The van der Waals surface area contributed by atoms with Gasteiger partial charge in [0, 0.05) is 12.6 Å². The number of hydrogen-bond donors (Lipinski definition) is 1. The summed E-state index contributed by atoms with van der Waals surface area (Å²) in [6.07, 6.45) is 2.64. The van der Waals surface area contributed by atoms with E-state index in [1.807, 2.05) is 11.8 Å². The Hall–Kier alpha value is -1.08. The average Bonchev–Trinajstić information content (AvgIpc) is 2.99. The lowest BCUT2D eigenvalue weighted by Crippen LogP contribution is -2.40. The van der Waals surface area contributed by atoms with E-state index in [4.69, 9.17) is 5.26 Å². The highest BCUT2D eigenvalue weighted by molar-refractivity contribution is 5.78. The van der Waals surface area contributed by atoms with Crippen molar-refractivity contribution in [3.05, 3.63) is 0 Å². The highest BCUT2D eigenvalue weighted by atomic mass is 16.2. The topological polar surface area (TPSA) is 56.1 Å². The number of amides is 1. The van der Waals surface area contributed by atoms with Crippen LogP contribution in [-0.2, 0) is 4.79 Å². The molecule has 1 saturated carbocycles. The number of carbonyl (C=O) groups excluding carboxylic acids is 1. The molecule has 0 radical (unpaired) electrons. The molecule has 0 heterocycles. The van der Waals surface area contributed by atoms with Crippen LogP contribution in [0.5, 0.6) is 0 Å². The van der Waals surface area contributed by atoms with Crippen molar-refractivity contribution in [1.29, 1.82) is 5.26 Å². The van der Waals surface area contributed by atoms with E-state index >= 15 is 0 Å². The van der Waals surface area contributed by atoms with E-state index in [0.29, 0.717) is 25.6 Å². The fourth-order valence-corrected chi connectivity index (χ4v) is 1.40. The van der Waals surface area contributed by atoms with Crippen LogP contribution in [-0.4, -0.2) is 36.5 Å². The molecule has 1 rings (SSSR count). The molecular weight excluding hydrogens is 178 g/mol. The van der Waals surface area contributed by atoms with Gasteiger partial charge in [0.15, 0.2) is 0 Å². The van der Waals surface area contributed by atoms with E-state index in [9.17, 15) is 4.79 Å². The highest BCUT2D eigenvalue weighted by Crippen LogP contribution is 2.26. The quantitative estimate of drug-likeness (QED) is 0.671. The molecule has 1 amide bonds. The Bertz CT molecular complexity index is 230. The van der Waals surface area contributed by atoms with Gasteiger partial charge in [-0.3, -0.25) is 4.79 Å². The number of carbonyl (C=O) groups is 1. The number of nitrogens with zero attached hydrogens (tertiary/aromatic N) is 2. The number of rotatable bonds is 6. The number of nitriles is 1. The Morgan fingerprint density at radius 2 is 2.36 bits per heavy atom. The minimum Gasteiger partial charge on any atom is -0.338 e. The van der Waals surface area contributed by atoms with Crippen LogP contribution in [0.2, 0.25) is 0 Å². The monoisotopic (exact) mass is 195 g/mol. The minimum atomic E-state index is 0.129. The summed E-state index contributed by atoms with van der Waals surface area (Å²) in [5, 5.41) is 11.5. The molecule has 1 N–H and O–H groups in total. The number of hydrogen-bond acceptors (Lipinski definition) is 3. The standard InChI is InChI=1S/C10H17N3O/c1-2-12-8-10(14)13(7-3-6-11)9-4-5-9/h9,12H,2-5,7-8H2,1H3. The van der Waals surface area contributed by atoms with Gasteiger partial charge in [-0.2, -0.15) is 5.26 Å². The molecule has 0 saturated heterocycles. The first-order chi connectivity index (χ1) is 6.79. The molecule has 0 aromatic rings. The Morgan fingerprint density at radius 1 is 1.64 bits per heavy atom. The van der Waals surface area contributed by atoms with Gasteiger partial charge in [-0.15, -0.1) is 0 Å². The lowest BCUT2D eigenvalue weighted by Gasteiger charge is -2.21. The molecule has 1 fully saturated rings. The number of nitrogens with one attached hydrogen (secondary N) is 1. The van der Waals surface area contributed by atoms with Gasteiger partial charge < -0.3 is 10.2 Å². The van der Waals surface area contributed by atoms with E-state index in [1.54, 1.807) is 0 Å². The van der Waals surface area contributed by atoms with Crippen molar-refractivity contribution < 1.29 is 4.79 Å². The van der Waals surface area contributed by atoms with Crippen molar-refractivity contribution in [3.8, 4) is 6.07 Å². The maximum Gasteiger partial charge on any atom is 0.236 e. The van der Waals surface area contributed by atoms with Gasteiger partial charge in [0.05, 0.1) is 19.0 Å². The van der Waals surface area contributed by atoms with Crippen molar-refractivity contribution in [2.75, 3.05) is 19.6 Å². The molecular formula is C10H17N3O. The third kappa shape index (κ3) is 3.35. The summed E-state index contributed by atoms with van der Waals surface area (Å²) < 4.78 is 0. The molecule has 0 unspecified atom stereocenters. The van der Waals surface area contributed by atoms with Crippen molar-refractivity contribution in [1.82, 2.24) is 10.2 Å². The molecule has 78 valence electrons. The first kappa shape index (κ1) is 11.0. The molecule has 0 spiro atoms. The maximum atomic E-state index is 11.6. The Morgan fingerprint density at radius 3 is 2.86 bits per heavy atom. The lowest BCUT2D eigenvalue weighted by molar-refractivity contribution is -0.130. The van der Waals surface area contributed by atoms with Gasteiger partial charge in [-0.25, -0.2) is 0 Å². The molecule has 14 heavy (non-hydrogen) atoms. The molecule has 0 aliphatic heterocycles. The van der Waals surface area contributed by atoms with Crippen LogP contribution >= 0.6 is 0 Å². The van der Waals surface area contributed by atoms with E-state index < -0.39 is 0 Å². The van der Waals surface area contributed by atoms with E-state index in [2.05, 4.69) is 11.4 Å². The first-order valence-electron chi connectivity index (χ1n) is 5.16. The van der Waals surface area contributed by atoms with Crippen LogP contribution in [0.4, 0.5) is 0 Å². The summed E-state index contributed by atoms with van der Waals surface area (Å²) in [5.41, 5.74) is 0. The molecule has 0 aromatic heterocycles. The summed E-state index contributed by atoms with van der Waals surface area (Å²) >= 11 is 0. The molecule has 0 bridgehead atoms. The predicted octanol–water partition coefficient (Wildman–Crippen LogP) is 0.501. The summed E-state index contributed by atoms with van der Waals surface area (Å²) in [4.78, 5) is 13.5. The van der Waals surface area contributed by atoms with Gasteiger partial charge in [0.1, 0.15) is 0 Å². The van der Waals surface area contributed by atoms with E-state index in [1.165, 1.54) is 0 Å². The Kier molecular flexibility index (Phi) is 4.41. The average molecular weight is 195 g/mol. The zero-order valence-electron chi connectivity index (χ0n) is 8.62. The van der Waals surface area contributed by atoms with Crippen LogP contribution in [0.25, 0.3) is 0 Å². The number of likely N-dealkylation sites (N-methyl/N-ethyl adjacent to an activating group) is 1. The Labute approximate surface area is 84.9 Å². The molecule has 4 nitrogen and oxygen atoms in total. The fourth-order valence-electron chi connectivity index (χ4n) is 1.40. The van der Waals surface area contributed by atoms with E-state index in [-0.39, 0.29) is 5.91 Å². The van der Waals surface area contributed by atoms with Crippen LogP contribution < -0.4 is 5.32 Å². The summed E-state index contributed by atoms with van der Waals surface area (Å²) in [6, 6.07) is 2.49. The van der Waals surface area contributed by atoms with Crippen LogP contribution in [0.15, 0.2) is 0 Å². The first-order valence-corrected chi connectivity index (χ1v) is 5.16. The van der Waals surface area contributed by atoms with Gasteiger partial charge in [0.2, 0.25) is 5.91 Å². The van der Waals surface area contributed by atoms with Crippen LogP contribution in [0, 0.1) is 11.3 Å². The molecule has 4 heteroatoms. The van der Waals surface area contributed by atoms with Gasteiger partial charge in [-0.1, -0.05) is 6.92 Å². The molecule has 0 atom stereocenters. The second kappa shape index (κ2) is 5.61. The molecule has 1 aliphatic rings. The van der Waals surface area contributed by atoms with Crippen LogP contribution in [0.3, 0.4) is 0 Å². The van der Waals surface area contributed by atoms with Gasteiger partial charge >= 0.3 is 0 Å². The SMILES string of the molecule is CCNCC(=O)N(CCC#N)C1CC1. The van der Waals surface area contributed by atoms with Crippen molar-refractivity contribution in [3.63, 3.8) is 0 Å². The van der Waals surface area contributed by atoms with Crippen molar-refractivity contribution >= 4 is 5.91 Å². The van der Waals surface area contributed by atoms with Crippen molar-refractivity contribution in [2.24, 2.45) is 0 Å². The smallest absolute Gasteiger partial charge is 0.236 e. The minimum absolute atomic E-state index is 0.129. The normalized spacial score (nSPS) is 14.9. The summed E-state index contributed by atoms with van der Waals surface area (Å²) in [6.45, 7) is 3.77. The predicted molar refractivity (Wildman–Crippen MR) is 53.5 cm³/mol. The molecule has 0 aromatic carbocycles. The largest absolute Gasteiger partial charge is 0.338 e. The second-order valence-electron chi connectivity index (χ2n) is 3.51. The van der Waals surface area contributed by atoms with Gasteiger partial charge in [0.25, 0.3) is 0 Å². The van der Waals surface area contributed by atoms with E-state index in [0.717, 1.165) is 19.4 Å². The fraction of sp³-hybridized carbons (Fsp3) is 0.800. The lowest BCUT2D eigenvalue weighted by atomic mass is 10.3. The third-order valence-corrected chi connectivity index (χ3v) is 2.30. The van der Waals surface area contributed by atoms with Crippen molar-refractivity contribution in [2.45, 2.75) is 32.2 Å². The van der Waals surface area contributed by atoms with Gasteiger partial charge in [-0.05, 0) is 19.4 Å².